The van der Waals surface area contributed by atoms with E-state index in [0.29, 0.717) is 43.6 Å². The number of nitrogens with zero attached hydrogens (tertiary/aromatic N) is 3. The van der Waals surface area contributed by atoms with Crippen LogP contribution in [-0.4, -0.2) is 61.2 Å². The first-order valence-electron chi connectivity index (χ1n) is 12.1. The summed E-state index contributed by atoms with van der Waals surface area (Å²) in [6, 6.07) is 15.2. The number of anilines is 2. The lowest BCUT2D eigenvalue weighted by atomic mass is 9.87. The van der Waals surface area contributed by atoms with Gasteiger partial charge in [0.25, 0.3) is 5.91 Å². The number of ether oxygens (including phenoxy) is 2. The minimum atomic E-state index is -0.220. The summed E-state index contributed by atoms with van der Waals surface area (Å²) in [7, 11) is 4.02. The topological polar surface area (TPSA) is 88.6 Å². The molecule has 8 heteroatoms. The third kappa shape index (κ3) is 8.62. The Kier molecular flexibility index (Phi) is 9.78. The highest BCUT2D eigenvalue weighted by Gasteiger charge is 2.15. The Morgan fingerprint density at radius 3 is 2.47 bits per heavy atom. The van der Waals surface area contributed by atoms with Crippen LogP contribution in [0.1, 0.15) is 42.3 Å². The molecule has 1 aromatic carbocycles. The highest BCUT2D eigenvalue weighted by atomic mass is 16.5. The van der Waals surface area contributed by atoms with Crippen molar-refractivity contribution in [3.63, 3.8) is 0 Å². The first kappa shape index (κ1) is 27.1. The number of likely N-dealkylation sites (N-methyl/N-ethyl adjacent to an activating group) is 1. The van der Waals surface area contributed by atoms with Crippen molar-refractivity contribution in [3.05, 3.63) is 77.6 Å². The van der Waals surface area contributed by atoms with Gasteiger partial charge in [0.15, 0.2) is 0 Å². The largest absolute Gasteiger partial charge is 0.475 e. The summed E-state index contributed by atoms with van der Waals surface area (Å²) >= 11 is 0. The molecule has 36 heavy (non-hydrogen) atoms. The van der Waals surface area contributed by atoms with Gasteiger partial charge in [-0.2, -0.15) is 0 Å². The highest BCUT2D eigenvalue weighted by molar-refractivity contribution is 6.07. The summed E-state index contributed by atoms with van der Waals surface area (Å²) in [4.78, 5) is 23.7. The van der Waals surface area contributed by atoms with Gasteiger partial charge in [0.2, 0.25) is 5.88 Å². The number of hydrogen-bond acceptors (Lipinski definition) is 7. The van der Waals surface area contributed by atoms with Crippen LogP contribution in [0, 0.1) is 0 Å². The van der Waals surface area contributed by atoms with Gasteiger partial charge in [0.05, 0.1) is 18.8 Å². The van der Waals surface area contributed by atoms with E-state index in [1.165, 1.54) is 5.56 Å². The van der Waals surface area contributed by atoms with Gasteiger partial charge in [-0.05, 0) is 61.0 Å². The monoisotopic (exact) mass is 491 g/mol. The number of rotatable bonds is 12. The zero-order chi connectivity index (χ0) is 26.0. The molecule has 0 aliphatic rings. The second-order valence-electron chi connectivity index (χ2n) is 9.80. The molecule has 8 nitrogen and oxygen atoms in total. The maximum absolute atomic E-state index is 13.0. The second kappa shape index (κ2) is 13.0. The summed E-state index contributed by atoms with van der Waals surface area (Å²) in [5.74, 6) is 0.820. The number of benzene rings is 1. The minimum absolute atomic E-state index is 0.0561. The van der Waals surface area contributed by atoms with Gasteiger partial charge in [0, 0.05) is 37.2 Å². The molecular weight excluding hydrogens is 454 g/mol. The van der Waals surface area contributed by atoms with Gasteiger partial charge in [-0.25, -0.2) is 9.97 Å². The Balaban J connectivity index is 1.55. The Hall–Kier alpha value is -3.49. The van der Waals surface area contributed by atoms with Crippen LogP contribution in [0.5, 0.6) is 5.88 Å². The number of aromatic nitrogens is 2. The van der Waals surface area contributed by atoms with Gasteiger partial charge < -0.3 is 25.0 Å². The molecule has 2 N–H and O–H groups in total. The number of amides is 1. The van der Waals surface area contributed by atoms with Crippen LogP contribution in [0.4, 0.5) is 11.5 Å². The zero-order valence-electron chi connectivity index (χ0n) is 21.9. The maximum atomic E-state index is 13.0. The van der Waals surface area contributed by atoms with Crippen LogP contribution < -0.4 is 15.4 Å². The Labute approximate surface area is 214 Å². The van der Waals surface area contributed by atoms with Gasteiger partial charge in [-0.3, -0.25) is 4.79 Å². The van der Waals surface area contributed by atoms with Crippen molar-refractivity contribution < 1.29 is 14.3 Å². The maximum Gasteiger partial charge on any atom is 0.259 e. The molecule has 0 aliphatic carbocycles. The summed E-state index contributed by atoms with van der Waals surface area (Å²) in [5.41, 5.74) is 3.44. The third-order valence-electron chi connectivity index (χ3n) is 5.48. The Bertz CT molecular complexity index is 1110. The Morgan fingerprint density at radius 2 is 1.75 bits per heavy atom. The van der Waals surface area contributed by atoms with Crippen LogP contribution in [0.15, 0.2) is 60.9 Å². The summed E-state index contributed by atoms with van der Waals surface area (Å²) < 4.78 is 11.3. The van der Waals surface area contributed by atoms with E-state index in [-0.39, 0.29) is 11.3 Å². The van der Waals surface area contributed by atoms with Crippen LogP contribution in [0.25, 0.3) is 0 Å². The SMILES string of the molecule is CN(C)CCOCCOc1cc(CNc2ncccc2C(=O)Nc2ccc(C(C)(C)C)cc2)ccn1. The van der Waals surface area contributed by atoms with Crippen molar-refractivity contribution in [2.24, 2.45) is 0 Å². The predicted molar refractivity (Wildman–Crippen MR) is 144 cm³/mol. The fourth-order valence-electron chi connectivity index (χ4n) is 3.36. The molecule has 3 aromatic rings. The molecule has 0 unspecified atom stereocenters. The molecule has 0 spiro atoms. The summed E-state index contributed by atoms with van der Waals surface area (Å²) in [5, 5.41) is 6.23. The molecule has 1 amide bonds. The quantitative estimate of drug-likeness (QED) is 0.358. The molecule has 0 aliphatic heterocycles. The van der Waals surface area contributed by atoms with E-state index in [0.717, 1.165) is 17.8 Å². The lowest BCUT2D eigenvalue weighted by Gasteiger charge is -2.19. The van der Waals surface area contributed by atoms with Crippen LogP contribution in [-0.2, 0) is 16.7 Å². The van der Waals surface area contributed by atoms with Crippen molar-refractivity contribution in [1.82, 2.24) is 14.9 Å². The van der Waals surface area contributed by atoms with E-state index in [2.05, 4.69) is 46.3 Å². The van der Waals surface area contributed by atoms with E-state index in [9.17, 15) is 4.79 Å². The lowest BCUT2D eigenvalue weighted by molar-refractivity contribution is 0.0876. The molecule has 2 aromatic heterocycles. The molecule has 0 atom stereocenters. The van der Waals surface area contributed by atoms with Crippen LogP contribution in [0.2, 0.25) is 0 Å². The molecule has 0 bridgehead atoms. The molecular formula is C28H37N5O3. The lowest BCUT2D eigenvalue weighted by Crippen LogP contribution is -2.19. The van der Waals surface area contributed by atoms with Crippen LogP contribution >= 0.6 is 0 Å². The molecule has 2 heterocycles. The van der Waals surface area contributed by atoms with Gasteiger partial charge >= 0.3 is 0 Å². The normalized spacial score (nSPS) is 11.4. The number of pyridine rings is 2. The van der Waals surface area contributed by atoms with Crippen molar-refractivity contribution in [2.75, 3.05) is 51.1 Å². The van der Waals surface area contributed by atoms with Gasteiger partial charge in [-0.15, -0.1) is 0 Å². The van der Waals surface area contributed by atoms with E-state index in [1.54, 1.807) is 24.5 Å². The van der Waals surface area contributed by atoms with E-state index < -0.39 is 0 Å². The molecule has 0 radical (unpaired) electrons. The van der Waals surface area contributed by atoms with Crippen molar-refractivity contribution in [3.8, 4) is 5.88 Å². The average molecular weight is 492 g/mol. The third-order valence-corrected chi connectivity index (χ3v) is 5.48. The predicted octanol–water partition coefficient (Wildman–Crippen LogP) is 4.60. The molecule has 0 fully saturated rings. The van der Waals surface area contributed by atoms with Crippen LogP contribution in [0.3, 0.4) is 0 Å². The number of nitrogens with one attached hydrogen (secondary N) is 2. The standard InChI is InChI=1S/C28H37N5O3/c1-28(2,3)22-8-10-23(11-9-22)32-27(34)24-7-6-13-30-26(24)31-20-21-12-14-29-25(19-21)36-18-17-35-16-15-33(4)5/h6-14,19H,15-18,20H2,1-5H3,(H,30,31)(H,32,34). The first-order chi connectivity index (χ1) is 17.2. The van der Waals surface area contributed by atoms with E-state index >= 15 is 0 Å². The molecule has 192 valence electrons. The average Bonchev–Trinajstić information content (AvgIpc) is 2.85. The highest BCUT2D eigenvalue weighted by Crippen LogP contribution is 2.24. The fraction of sp³-hybridized carbons (Fsp3) is 0.393. The van der Waals surface area contributed by atoms with E-state index in [4.69, 9.17) is 9.47 Å². The summed E-state index contributed by atoms with van der Waals surface area (Å²) in [6.07, 6.45) is 3.36. The van der Waals surface area contributed by atoms with Gasteiger partial charge in [0.1, 0.15) is 12.4 Å². The molecule has 3 rings (SSSR count). The number of carbonyl (C=O) groups is 1. The Morgan fingerprint density at radius 1 is 0.972 bits per heavy atom. The number of carbonyl (C=O) groups excluding carboxylic acids is 1. The molecule has 0 saturated heterocycles. The van der Waals surface area contributed by atoms with E-state index in [1.807, 2.05) is 50.5 Å². The van der Waals surface area contributed by atoms with Crippen molar-refractivity contribution >= 4 is 17.4 Å². The first-order valence-corrected chi connectivity index (χ1v) is 12.1. The minimum Gasteiger partial charge on any atom is -0.475 e. The summed E-state index contributed by atoms with van der Waals surface area (Å²) in [6.45, 7) is 9.42. The molecule has 0 saturated carbocycles. The second-order valence-corrected chi connectivity index (χ2v) is 9.80. The van der Waals surface area contributed by atoms with Crippen molar-refractivity contribution in [1.29, 1.82) is 0 Å². The van der Waals surface area contributed by atoms with Gasteiger partial charge in [-0.1, -0.05) is 32.9 Å². The smallest absolute Gasteiger partial charge is 0.259 e. The van der Waals surface area contributed by atoms with Crippen molar-refractivity contribution in [2.45, 2.75) is 32.7 Å². The fourth-order valence-corrected chi connectivity index (χ4v) is 3.36. The number of hydrogen-bond donors (Lipinski definition) is 2. The zero-order valence-corrected chi connectivity index (χ0v) is 21.9.